The molecule has 0 fully saturated rings. The number of aryl methyl sites for hydroxylation is 1. The summed E-state index contributed by atoms with van der Waals surface area (Å²) in [7, 11) is 6.06. The molecule has 0 aliphatic rings. The van der Waals surface area contributed by atoms with Crippen molar-refractivity contribution >= 4 is 42.4 Å². The zero-order valence-electron chi connectivity index (χ0n) is 19.5. The van der Waals surface area contributed by atoms with Crippen LogP contribution in [0.15, 0.2) is 85.1 Å². The highest BCUT2D eigenvalue weighted by molar-refractivity contribution is 6.35. The first-order valence-corrected chi connectivity index (χ1v) is 11.4. The van der Waals surface area contributed by atoms with Crippen molar-refractivity contribution in [1.82, 2.24) is 9.97 Å². The molecule has 1 aromatic heterocycles. The molecule has 1 unspecified atom stereocenters. The quantitative estimate of drug-likeness (QED) is 0.284. The number of hydrogen-bond acceptors (Lipinski definition) is 6. The van der Waals surface area contributed by atoms with Gasteiger partial charge in [-0.25, -0.2) is 4.98 Å². The van der Waals surface area contributed by atoms with Crippen LogP contribution in [0.25, 0.3) is 0 Å². The smallest absolute Gasteiger partial charge is 0.241 e. The standard InChI is InChI=1S/C27H27BN6O/c1-18-10-12-20(13-11-18)16-30-25-23(28)17-31-27(34-25)33-22-9-5-8-21(15-22)32-26(35)24(29)14-19-6-3-2-4-7-19/h2-13,15,17,24H,14,16,29H2,1H3,(H,32,35)(H2,30,31,33,34). The second-order valence-corrected chi connectivity index (χ2v) is 8.33. The van der Waals surface area contributed by atoms with Gasteiger partial charge in [0.05, 0.1) is 6.04 Å². The second kappa shape index (κ2) is 11.3. The number of hydrogen-bond donors (Lipinski definition) is 4. The van der Waals surface area contributed by atoms with Gasteiger partial charge in [-0.2, -0.15) is 4.98 Å². The number of nitrogens with zero attached hydrogens (tertiary/aromatic N) is 2. The summed E-state index contributed by atoms with van der Waals surface area (Å²) in [5, 5.41) is 9.29. The second-order valence-electron chi connectivity index (χ2n) is 8.33. The van der Waals surface area contributed by atoms with Crippen LogP contribution in [-0.4, -0.2) is 29.8 Å². The van der Waals surface area contributed by atoms with Gasteiger partial charge in [0, 0.05) is 24.1 Å². The van der Waals surface area contributed by atoms with Crippen LogP contribution in [0.1, 0.15) is 16.7 Å². The minimum atomic E-state index is -0.656. The SMILES string of the molecule is [B]c1cnc(Nc2cccc(NC(=O)C(N)Cc3ccccc3)c2)nc1NCc1ccc(C)cc1. The molecule has 2 radical (unpaired) electrons. The molecule has 0 saturated heterocycles. The summed E-state index contributed by atoms with van der Waals surface area (Å²) in [5.41, 5.74) is 11.2. The molecule has 0 spiro atoms. The molecule has 5 N–H and O–H groups in total. The van der Waals surface area contributed by atoms with Gasteiger partial charge in [0.15, 0.2) is 0 Å². The van der Waals surface area contributed by atoms with Gasteiger partial charge >= 0.3 is 0 Å². The van der Waals surface area contributed by atoms with Crippen LogP contribution in [0.3, 0.4) is 0 Å². The fourth-order valence-corrected chi connectivity index (χ4v) is 3.48. The first-order chi connectivity index (χ1) is 17.0. The molecule has 1 heterocycles. The van der Waals surface area contributed by atoms with Crippen LogP contribution >= 0.6 is 0 Å². The molecule has 4 aromatic rings. The summed E-state index contributed by atoms with van der Waals surface area (Å²) in [6.45, 7) is 2.64. The monoisotopic (exact) mass is 462 g/mol. The summed E-state index contributed by atoms with van der Waals surface area (Å²) < 4.78 is 0. The number of carbonyl (C=O) groups excluding carboxylic acids is 1. The van der Waals surface area contributed by atoms with Crippen LogP contribution in [-0.2, 0) is 17.8 Å². The molecule has 8 heteroatoms. The topological polar surface area (TPSA) is 105 Å². The molecular weight excluding hydrogens is 435 g/mol. The van der Waals surface area contributed by atoms with E-state index in [1.807, 2.05) is 42.5 Å². The fraction of sp³-hybridized carbons (Fsp3) is 0.148. The summed E-state index contributed by atoms with van der Waals surface area (Å²) in [6, 6.07) is 24.6. The maximum Gasteiger partial charge on any atom is 0.241 e. The van der Waals surface area contributed by atoms with Crippen molar-refractivity contribution < 1.29 is 4.79 Å². The number of amides is 1. The third-order valence-corrected chi connectivity index (χ3v) is 5.42. The lowest BCUT2D eigenvalue weighted by molar-refractivity contribution is -0.117. The maximum atomic E-state index is 12.6. The number of carbonyl (C=O) groups is 1. The number of nitrogens with one attached hydrogen (secondary N) is 3. The average Bonchev–Trinajstić information content (AvgIpc) is 2.86. The Morgan fingerprint density at radius 1 is 0.971 bits per heavy atom. The molecule has 1 amide bonds. The maximum absolute atomic E-state index is 12.6. The molecule has 0 bridgehead atoms. The lowest BCUT2D eigenvalue weighted by Gasteiger charge is -2.14. The van der Waals surface area contributed by atoms with E-state index in [1.165, 1.54) is 5.56 Å². The Bertz CT molecular complexity index is 1280. The normalized spacial score (nSPS) is 11.5. The van der Waals surface area contributed by atoms with Crippen LogP contribution < -0.4 is 27.1 Å². The summed E-state index contributed by atoms with van der Waals surface area (Å²) in [6.07, 6.45) is 2.02. The van der Waals surface area contributed by atoms with Gasteiger partial charge in [0.25, 0.3) is 0 Å². The number of anilines is 4. The van der Waals surface area contributed by atoms with Crippen LogP contribution in [0.5, 0.6) is 0 Å². The first kappa shape index (κ1) is 24.0. The van der Waals surface area contributed by atoms with E-state index in [2.05, 4.69) is 57.1 Å². The number of aromatic nitrogens is 2. The van der Waals surface area contributed by atoms with Gasteiger partial charge in [0.1, 0.15) is 13.7 Å². The Morgan fingerprint density at radius 2 is 1.71 bits per heavy atom. The molecule has 3 aromatic carbocycles. The zero-order valence-corrected chi connectivity index (χ0v) is 19.5. The van der Waals surface area contributed by atoms with Crippen molar-refractivity contribution in [1.29, 1.82) is 0 Å². The molecule has 35 heavy (non-hydrogen) atoms. The third-order valence-electron chi connectivity index (χ3n) is 5.42. The molecule has 7 nitrogen and oxygen atoms in total. The van der Waals surface area contributed by atoms with Gasteiger partial charge in [-0.3, -0.25) is 4.79 Å². The number of benzene rings is 3. The number of rotatable bonds is 9. The Labute approximate surface area is 206 Å². The molecule has 0 aliphatic heterocycles. The van der Waals surface area contributed by atoms with Gasteiger partial charge in [-0.1, -0.05) is 66.2 Å². The highest BCUT2D eigenvalue weighted by Crippen LogP contribution is 2.19. The van der Waals surface area contributed by atoms with Gasteiger partial charge in [0.2, 0.25) is 11.9 Å². The highest BCUT2D eigenvalue weighted by atomic mass is 16.2. The van der Waals surface area contributed by atoms with E-state index in [0.717, 1.165) is 11.1 Å². The van der Waals surface area contributed by atoms with E-state index in [0.29, 0.717) is 41.6 Å². The third kappa shape index (κ3) is 6.91. The number of nitrogens with two attached hydrogens (primary N) is 1. The van der Waals surface area contributed by atoms with Gasteiger partial charge < -0.3 is 21.7 Å². The molecule has 0 saturated carbocycles. The van der Waals surface area contributed by atoms with Crippen LogP contribution in [0.2, 0.25) is 0 Å². The Kier molecular flexibility index (Phi) is 7.75. The van der Waals surface area contributed by atoms with E-state index >= 15 is 0 Å². The Balaban J connectivity index is 1.38. The first-order valence-electron chi connectivity index (χ1n) is 11.4. The summed E-state index contributed by atoms with van der Waals surface area (Å²) in [4.78, 5) is 21.3. The van der Waals surface area contributed by atoms with E-state index in [4.69, 9.17) is 13.6 Å². The van der Waals surface area contributed by atoms with Gasteiger partial charge in [-0.05, 0) is 48.1 Å². The minimum Gasteiger partial charge on any atom is -0.366 e. The molecule has 174 valence electrons. The Morgan fingerprint density at radius 3 is 2.49 bits per heavy atom. The minimum absolute atomic E-state index is 0.252. The van der Waals surface area contributed by atoms with E-state index < -0.39 is 6.04 Å². The van der Waals surface area contributed by atoms with Crippen molar-refractivity contribution in [3.63, 3.8) is 0 Å². The van der Waals surface area contributed by atoms with E-state index in [1.54, 1.807) is 18.3 Å². The van der Waals surface area contributed by atoms with Crippen molar-refractivity contribution in [3.8, 4) is 0 Å². The zero-order chi connectivity index (χ0) is 24.6. The largest absolute Gasteiger partial charge is 0.366 e. The van der Waals surface area contributed by atoms with Crippen LogP contribution in [0, 0.1) is 6.92 Å². The van der Waals surface area contributed by atoms with E-state index in [-0.39, 0.29) is 5.91 Å². The molecule has 4 rings (SSSR count). The van der Waals surface area contributed by atoms with Crippen molar-refractivity contribution in [2.45, 2.75) is 25.9 Å². The van der Waals surface area contributed by atoms with Crippen molar-refractivity contribution in [2.75, 3.05) is 16.0 Å². The van der Waals surface area contributed by atoms with E-state index in [9.17, 15) is 4.79 Å². The summed E-state index contributed by atoms with van der Waals surface area (Å²) >= 11 is 0. The average molecular weight is 462 g/mol. The fourth-order valence-electron chi connectivity index (χ4n) is 3.48. The summed E-state index contributed by atoms with van der Waals surface area (Å²) in [5.74, 6) is 0.673. The predicted octanol–water partition coefficient (Wildman–Crippen LogP) is 3.44. The molecule has 0 aliphatic carbocycles. The Hall–Kier alpha value is -4.17. The molecular formula is C27H27BN6O. The lowest BCUT2D eigenvalue weighted by atomic mass is 9.99. The predicted molar refractivity (Wildman–Crippen MR) is 142 cm³/mol. The lowest BCUT2D eigenvalue weighted by Crippen LogP contribution is -2.37. The highest BCUT2D eigenvalue weighted by Gasteiger charge is 2.14. The van der Waals surface area contributed by atoms with Crippen LogP contribution in [0.4, 0.5) is 23.1 Å². The molecule has 1 atom stereocenters. The van der Waals surface area contributed by atoms with Crippen molar-refractivity contribution in [2.24, 2.45) is 5.73 Å². The van der Waals surface area contributed by atoms with Crippen molar-refractivity contribution in [3.05, 3.63) is 102 Å². The van der Waals surface area contributed by atoms with Gasteiger partial charge in [-0.15, -0.1) is 0 Å².